The van der Waals surface area contributed by atoms with Crippen LogP contribution in [0, 0.1) is 5.92 Å². The van der Waals surface area contributed by atoms with Crippen molar-refractivity contribution >= 4 is 10.4 Å². The summed E-state index contributed by atoms with van der Waals surface area (Å²) in [6, 6.07) is 0. The fourth-order valence-corrected chi connectivity index (χ4v) is 2.82. The fraction of sp³-hybridized carbons (Fsp3) is 1.00. The molecule has 0 aliphatic heterocycles. The van der Waals surface area contributed by atoms with Crippen LogP contribution in [-0.2, 0) is 18.8 Å². The van der Waals surface area contributed by atoms with E-state index in [1.807, 2.05) is 0 Å². The van der Waals surface area contributed by atoms with Gasteiger partial charge >= 0.3 is 10.4 Å². The normalized spacial score (nSPS) is 13.5. The molecular weight excluding hydrogens is 288 g/mol. The molecule has 1 unspecified atom stereocenters. The Morgan fingerprint density at radius 1 is 0.857 bits per heavy atom. The van der Waals surface area contributed by atoms with Gasteiger partial charge in [-0.05, 0) is 12.3 Å². The molecule has 0 saturated carbocycles. The molecule has 128 valence electrons. The SMILES string of the molecule is CCCCCC(C)CCCCCCCCOS(=O)(=O)OC. The van der Waals surface area contributed by atoms with Crippen molar-refractivity contribution in [3.8, 4) is 0 Å². The maximum absolute atomic E-state index is 10.9. The molecule has 0 aromatic rings. The second kappa shape index (κ2) is 13.5. The van der Waals surface area contributed by atoms with Crippen LogP contribution in [-0.4, -0.2) is 22.1 Å². The largest absolute Gasteiger partial charge is 0.399 e. The molecule has 0 aromatic heterocycles. The van der Waals surface area contributed by atoms with E-state index in [-0.39, 0.29) is 6.61 Å². The second-order valence-electron chi connectivity index (χ2n) is 5.91. The Morgan fingerprint density at radius 2 is 1.38 bits per heavy atom. The molecule has 0 amide bonds. The minimum atomic E-state index is -3.74. The summed E-state index contributed by atoms with van der Waals surface area (Å²) in [6.45, 7) is 4.84. The molecule has 0 saturated heterocycles. The van der Waals surface area contributed by atoms with Crippen molar-refractivity contribution in [2.24, 2.45) is 5.92 Å². The first-order valence-electron chi connectivity index (χ1n) is 8.46. The minimum Gasteiger partial charge on any atom is -0.252 e. The van der Waals surface area contributed by atoms with Gasteiger partial charge in [-0.25, -0.2) is 4.18 Å². The Labute approximate surface area is 131 Å². The van der Waals surface area contributed by atoms with E-state index in [1.54, 1.807) is 0 Å². The van der Waals surface area contributed by atoms with Gasteiger partial charge in [0.15, 0.2) is 0 Å². The zero-order valence-corrected chi connectivity index (χ0v) is 14.9. The highest BCUT2D eigenvalue weighted by atomic mass is 32.3. The van der Waals surface area contributed by atoms with Gasteiger partial charge in [0.1, 0.15) is 0 Å². The third kappa shape index (κ3) is 14.6. The summed E-state index contributed by atoms with van der Waals surface area (Å²) in [4.78, 5) is 0. The lowest BCUT2D eigenvalue weighted by atomic mass is 9.96. The van der Waals surface area contributed by atoms with Crippen molar-refractivity contribution in [2.75, 3.05) is 13.7 Å². The zero-order valence-electron chi connectivity index (χ0n) is 14.1. The van der Waals surface area contributed by atoms with E-state index in [2.05, 4.69) is 22.2 Å². The molecule has 1 atom stereocenters. The third-order valence-electron chi connectivity index (χ3n) is 3.82. The van der Waals surface area contributed by atoms with Gasteiger partial charge in [0.2, 0.25) is 0 Å². The van der Waals surface area contributed by atoms with Crippen LogP contribution in [0.3, 0.4) is 0 Å². The van der Waals surface area contributed by atoms with Crippen molar-refractivity contribution in [3.63, 3.8) is 0 Å². The summed E-state index contributed by atoms with van der Waals surface area (Å²) in [6.07, 6.45) is 13.6. The van der Waals surface area contributed by atoms with Crippen LogP contribution < -0.4 is 0 Å². The number of hydrogen-bond acceptors (Lipinski definition) is 4. The molecule has 0 aliphatic rings. The lowest BCUT2D eigenvalue weighted by Crippen LogP contribution is -2.08. The van der Waals surface area contributed by atoms with Gasteiger partial charge in [-0.2, -0.15) is 8.42 Å². The second-order valence-corrected chi connectivity index (χ2v) is 7.29. The highest BCUT2D eigenvalue weighted by Crippen LogP contribution is 2.17. The van der Waals surface area contributed by atoms with Crippen LogP contribution in [0.4, 0.5) is 0 Å². The molecule has 0 heterocycles. The molecule has 0 aliphatic carbocycles. The maximum atomic E-state index is 10.9. The van der Waals surface area contributed by atoms with Crippen molar-refractivity contribution in [1.82, 2.24) is 0 Å². The minimum absolute atomic E-state index is 0.227. The third-order valence-corrected chi connectivity index (χ3v) is 4.69. The van der Waals surface area contributed by atoms with Crippen LogP contribution in [0.5, 0.6) is 0 Å². The van der Waals surface area contributed by atoms with Gasteiger partial charge in [-0.3, -0.25) is 4.18 Å². The standard InChI is InChI=1S/C16H34O4S/c1-4-5-10-13-16(2)14-11-8-6-7-9-12-15-20-21(17,18)19-3/h16H,4-15H2,1-3H3. The van der Waals surface area contributed by atoms with E-state index in [4.69, 9.17) is 0 Å². The zero-order chi connectivity index (χ0) is 16.0. The average Bonchev–Trinajstić information content (AvgIpc) is 2.45. The molecule has 21 heavy (non-hydrogen) atoms. The van der Waals surface area contributed by atoms with E-state index in [9.17, 15) is 8.42 Å². The Balaban J connectivity index is 3.26. The maximum Gasteiger partial charge on any atom is 0.399 e. The molecule has 0 N–H and O–H groups in total. The Kier molecular flexibility index (Phi) is 13.4. The topological polar surface area (TPSA) is 52.6 Å². The van der Waals surface area contributed by atoms with E-state index in [0.717, 1.165) is 32.3 Å². The molecule has 0 fully saturated rings. The van der Waals surface area contributed by atoms with Crippen LogP contribution in [0.2, 0.25) is 0 Å². The van der Waals surface area contributed by atoms with Gasteiger partial charge in [0.05, 0.1) is 13.7 Å². The molecular formula is C16H34O4S. The molecule has 0 spiro atoms. The number of unbranched alkanes of at least 4 members (excludes halogenated alkanes) is 7. The summed E-state index contributed by atoms with van der Waals surface area (Å²) in [5.41, 5.74) is 0. The molecule has 4 nitrogen and oxygen atoms in total. The van der Waals surface area contributed by atoms with Crippen molar-refractivity contribution in [2.45, 2.75) is 84.5 Å². The Bertz CT molecular complexity index is 314. The summed E-state index contributed by atoms with van der Waals surface area (Å²) < 4.78 is 30.6. The van der Waals surface area contributed by atoms with Gasteiger partial charge < -0.3 is 0 Å². The molecule has 0 radical (unpaired) electrons. The summed E-state index contributed by atoms with van der Waals surface area (Å²) in [5, 5.41) is 0. The predicted molar refractivity (Wildman–Crippen MR) is 87.5 cm³/mol. The lowest BCUT2D eigenvalue weighted by molar-refractivity contribution is 0.238. The summed E-state index contributed by atoms with van der Waals surface area (Å²) >= 11 is 0. The van der Waals surface area contributed by atoms with Crippen LogP contribution in [0.1, 0.15) is 84.5 Å². The van der Waals surface area contributed by atoms with Crippen LogP contribution >= 0.6 is 0 Å². The van der Waals surface area contributed by atoms with E-state index < -0.39 is 10.4 Å². The lowest BCUT2D eigenvalue weighted by Gasteiger charge is -2.10. The van der Waals surface area contributed by atoms with E-state index >= 15 is 0 Å². The number of rotatable bonds is 15. The Hall–Kier alpha value is -0.130. The highest BCUT2D eigenvalue weighted by Gasteiger charge is 2.07. The molecule has 0 aromatic carbocycles. The van der Waals surface area contributed by atoms with E-state index in [0.29, 0.717) is 0 Å². The van der Waals surface area contributed by atoms with E-state index in [1.165, 1.54) is 51.4 Å². The molecule has 5 heteroatoms. The van der Waals surface area contributed by atoms with Crippen LogP contribution in [0.25, 0.3) is 0 Å². The molecule has 0 rings (SSSR count). The summed E-state index contributed by atoms with van der Waals surface area (Å²) in [5.74, 6) is 0.865. The van der Waals surface area contributed by atoms with Crippen molar-refractivity contribution in [3.05, 3.63) is 0 Å². The van der Waals surface area contributed by atoms with Gasteiger partial charge in [-0.1, -0.05) is 78.1 Å². The number of hydrogen-bond donors (Lipinski definition) is 0. The van der Waals surface area contributed by atoms with Crippen molar-refractivity contribution < 1.29 is 16.8 Å². The first-order chi connectivity index (χ1) is 10.0. The highest BCUT2D eigenvalue weighted by molar-refractivity contribution is 7.81. The van der Waals surface area contributed by atoms with Gasteiger partial charge in [-0.15, -0.1) is 0 Å². The quantitative estimate of drug-likeness (QED) is 0.405. The first kappa shape index (κ1) is 20.9. The fourth-order valence-electron chi connectivity index (χ4n) is 2.40. The Morgan fingerprint density at radius 3 is 1.95 bits per heavy atom. The van der Waals surface area contributed by atoms with Crippen LogP contribution in [0.15, 0.2) is 0 Å². The van der Waals surface area contributed by atoms with Gasteiger partial charge in [0.25, 0.3) is 0 Å². The van der Waals surface area contributed by atoms with Gasteiger partial charge in [0, 0.05) is 0 Å². The molecule has 0 bridgehead atoms. The first-order valence-corrected chi connectivity index (χ1v) is 9.80. The summed E-state index contributed by atoms with van der Waals surface area (Å²) in [7, 11) is -2.63. The monoisotopic (exact) mass is 322 g/mol. The van der Waals surface area contributed by atoms with Crippen molar-refractivity contribution in [1.29, 1.82) is 0 Å². The predicted octanol–water partition coefficient (Wildman–Crippen LogP) is 4.84. The average molecular weight is 323 g/mol. The smallest absolute Gasteiger partial charge is 0.252 e.